The average molecular weight is 188 g/mol. The smallest absolute Gasteiger partial charge is 0.0191 e. The van der Waals surface area contributed by atoms with Crippen LogP contribution in [-0.2, 0) is 0 Å². The summed E-state index contributed by atoms with van der Waals surface area (Å²) in [6.45, 7) is 9.17. The summed E-state index contributed by atoms with van der Waals surface area (Å²) in [6.07, 6.45) is 7.33. The molecule has 0 aliphatic heterocycles. The molecule has 0 bridgehead atoms. The zero-order valence-corrected chi connectivity index (χ0v) is 9.72. The normalized spacial score (nSPS) is 37.4. The van der Waals surface area contributed by atoms with E-state index in [-0.39, 0.29) is 0 Å². The van der Waals surface area contributed by atoms with Crippen LogP contribution in [0, 0.1) is 11.8 Å². The summed E-state index contributed by atoms with van der Waals surface area (Å²) >= 11 is 0. The lowest BCUT2D eigenvalue weighted by Gasteiger charge is -2.04. The van der Waals surface area contributed by atoms with Gasteiger partial charge in [-0.1, -0.05) is 37.1 Å². The largest absolute Gasteiger partial charge is 0.0699 e. The first-order valence-electron chi connectivity index (χ1n) is 5.66. The summed E-state index contributed by atoms with van der Waals surface area (Å²) in [5.74, 6) is 1.53. The fourth-order valence-electron chi connectivity index (χ4n) is 2.38. The van der Waals surface area contributed by atoms with E-state index in [0.29, 0.717) is 0 Å². The minimum Gasteiger partial charge on any atom is -0.0699 e. The first-order valence-corrected chi connectivity index (χ1v) is 5.66. The SMILES string of the molecule is CC1=C/C(=C2/C=C(C)[C@H](C)C2)C[C@H]1C. The number of allylic oxidation sites excluding steroid dienone is 6. The van der Waals surface area contributed by atoms with Crippen molar-refractivity contribution < 1.29 is 0 Å². The maximum Gasteiger partial charge on any atom is -0.0191 e. The van der Waals surface area contributed by atoms with E-state index in [1.165, 1.54) is 12.8 Å². The van der Waals surface area contributed by atoms with Crippen molar-refractivity contribution in [3.63, 3.8) is 0 Å². The highest BCUT2D eigenvalue weighted by Crippen LogP contribution is 2.37. The Hall–Kier alpha value is -0.780. The lowest BCUT2D eigenvalue weighted by molar-refractivity contribution is 0.693. The van der Waals surface area contributed by atoms with E-state index in [2.05, 4.69) is 39.8 Å². The van der Waals surface area contributed by atoms with E-state index in [4.69, 9.17) is 0 Å². The van der Waals surface area contributed by atoms with Crippen molar-refractivity contribution in [2.45, 2.75) is 40.5 Å². The number of hydrogen-bond acceptors (Lipinski definition) is 0. The Morgan fingerprint density at radius 2 is 1.21 bits per heavy atom. The van der Waals surface area contributed by atoms with Gasteiger partial charge < -0.3 is 0 Å². The van der Waals surface area contributed by atoms with Crippen LogP contribution in [0.15, 0.2) is 34.4 Å². The standard InChI is InChI=1S/C14H20/c1-9-5-13(6-10(9)2)14-7-11(3)12(4)8-14/h5,7,10,12H,6,8H2,1-4H3/b14-13+/t10-,12-/m1/s1. The Bertz CT molecular complexity index is 305. The van der Waals surface area contributed by atoms with E-state index >= 15 is 0 Å². The van der Waals surface area contributed by atoms with Crippen LogP contribution >= 0.6 is 0 Å². The Morgan fingerprint density at radius 3 is 1.43 bits per heavy atom. The average Bonchev–Trinajstić information content (AvgIpc) is 2.60. The molecule has 0 saturated carbocycles. The molecule has 2 atom stereocenters. The van der Waals surface area contributed by atoms with Crippen molar-refractivity contribution in [1.29, 1.82) is 0 Å². The van der Waals surface area contributed by atoms with Gasteiger partial charge in [0.05, 0.1) is 0 Å². The summed E-state index contributed by atoms with van der Waals surface area (Å²) < 4.78 is 0. The third kappa shape index (κ3) is 1.58. The first kappa shape index (κ1) is 9.76. The van der Waals surface area contributed by atoms with Gasteiger partial charge in [0.1, 0.15) is 0 Å². The molecule has 0 fully saturated rings. The molecule has 0 amide bonds. The van der Waals surface area contributed by atoms with Crippen molar-refractivity contribution in [2.75, 3.05) is 0 Å². The van der Waals surface area contributed by atoms with Crippen LogP contribution in [0.4, 0.5) is 0 Å². The highest BCUT2D eigenvalue weighted by molar-refractivity contribution is 5.44. The van der Waals surface area contributed by atoms with Crippen molar-refractivity contribution in [1.82, 2.24) is 0 Å². The van der Waals surface area contributed by atoms with Crippen LogP contribution < -0.4 is 0 Å². The van der Waals surface area contributed by atoms with Gasteiger partial charge in [-0.2, -0.15) is 0 Å². The maximum absolute atomic E-state index is 2.40. The number of hydrogen-bond donors (Lipinski definition) is 0. The van der Waals surface area contributed by atoms with Gasteiger partial charge in [0.15, 0.2) is 0 Å². The maximum atomic E-state index is 2.40. The Balaban J connectivity index is 2.29. The Labute approximate surface area is 87.4 Å². The van der Waals surface area contributed by atoms with E-state index in [0.717, 1.165) is 11.8 Å². The molecule has 14 heavy (non-hydrogen) atoms. The highest BCUT2D eigenvalue weighted by Gasteiger charge is 2.21. The molecule has 2 aliphatic rings. The molecule has 0 heterocycles. The zero-order chi connectivity index (χ0) is 10.3. The lowest BCUT2D eigenvalue weighted by Crippen LogP contribution is -1.91. The van der Waals surface area contributed by atoms with Crippen LogP contribution in [0.1, 0.15) is 40.5 Å². The van der Waals surface area contributed by atoms with Gasteiger partial charge in [0.25, 0.3) is 0 Å². The Morgan fingerprint density at radius 1 is 0.857 bits per heavy atom. The number of rotatable bonds is 0. The van der Waals surface area contributed by atoms with Gasteiger partial charge in [-0.3, -0.25) is 0 Å². The molecule has 0 spiro atoms. The molecular weight excluding hydrogens is 168 g/mol. The van der Waals surface area contributed by atoms with Crippen molar-refractivity contribution in [2.24, 2.45) is 11.8 Å². The summed E-state index contributed by atoms with van der Waals surface area (Å²) in [5, 5.41) is 0. The van der Waals surface area contributed by atoms with Gasteiger partial charge in [-0.05, 0) is 49.7 Å². The van der Waals surface area contributed by atoms with E-state index in [1.807, 2.05) is 0 Å². The molecule has 0 N–H and O–H groups in total. The molecule has 0 radical (unpaired) electrons. The van der Waals surface area contributed by atoms with Gasteiger partial charge in [-0.25, -0.2) is 0 Å². The quantitative estimate of drug-likeness (QED) is 0.533. The van der Waals surface area contributed by atoms with Crippen molar-refractivity contribution in [3.8, 4) is 0 Å². The van der Waals surface area contributed by atoms with Gasteiger partial charge in [0, 0.05) is 0 Å². The minimum absolute atomic E-state index is 0.766. The summed E-state index contributed by atoms with van der Waals surface area (Å²) in [5.41, 5.74) is 6.30. The first-order chi connectivity index (χ1) is 6.58. The molecule has 0 nitrogen and oxygen atoms in total. The Kier molecular flexibility index (Phi) is 2.38. The third-order valence-electron chi connectivity index (χ3n) is 3.82. The van der Waals surface area contributed by atoms with E-state index in [9.17, 15) is 0 Å². The summed E-state index contributed by atoms with van der Waals surface area (Å²) in [4.78, 5) is 0. The predicted molar refractivity (Wildman–Crippen MR) is 62.1 cm³/mol. The van der Waals surface area contributed by atoms with Crippen LogP contribution in [0.3, 0.4) is 0 Å². The molecule has 0 unspecified atom stereocenters. The fraction of sp³-hybridized carbons (Fsp3) is 0.571. The third-order valence-corrected chi connectivity index (χ3v) is 3.82. The molecule has 0 heteroatoms. The second kappa shape index (κ2) is 3.42. The van der Waals surface area contributed by atoms with E-state index < -0.39 is 0 Å². The topological polar surface area (TPSA) is 0 Å². The monoisotopic (exact) mass is 188 g/mol. The van der Waals surface area contributed by atoms with Crippen LogP contribution in [0.25, 0.3) is 0 Å². The molecule has 0 aromatic carbocycles. The predicted octanol–water partition coefficient (Wildman–Crippen LogP) is 4.26. The second-order valence-electron chi connectivity index (χ2n) is 5.04. The summed E-state index contributed by atoms with van der Waals surface area (Å²) in [7, 11) is 0. The van der Waals surface area contributed by atoms with Crippen LogP contribution in [0.2, 0.25) is 0 Å². The lowest BCUT2D eigenvalue weighted by atomic mass is 10.0. The van der Waals surface area contributed by atoms with Crippen LogP contribution in [0.5, 0.6) is 0 Å². The fourth-order valence-corrected chi connectivity index (χ4v) is 2.38. The molecular formula is C14H20. The molecule has 0 aromatic rings. The van der Waals surface area contributed by atoms with Crippen LogP contribution in [-0.4, -0.2) is 0 Å². The highest BCUT2D eigenvalue weighted by atomic mass is 14.3. The molecule has 76 valence electrons. The summed E-state index contributed by atoms with van der Waals surface area (Å²) in [6, 6.07) is 0. The molecule has 0 saturated heterocycles. The zero-order valence-electron chi connectivity index (χ0n) is 9.72. The van der Waals surface area contributed by atoms with Gasteiger partial charge in [-0.15, -0.1) is 0 Å². The molecule has 0 aromatic heterocycles. The molecule has 2 rings (SSSR count). The van der Waals surface area contributed by atoms with E-state index in [1.54, 1.807) is 22.3 Å². The van der Waals surface area contributed by atoms with Gasteiger partial charge in [0.2, 0.25) is 0 Å². The molecule has 2 aliphatic carbocycles. The van der Waals surface area contributed by atoms with Crippen molar-refractivity contribution >= 4 is 0 Å². The van der Waals surface area contributed by atoms with Gasteiger partial charge >= 0.3 is 0 Å². The second-order valence-corrected chi connectivity index (χ2v) is 5.04. The minimum atomic E-state index is 0.766. The van der Waals surface area contributed by atoms with Crippen molar-refractivity contribution in [3.05, 3.63) is 34.4 Å².